The van der Waals surface area contributed by atoms with Crippen molar-refractivity contribution in [2.75, 3.05) is 24.8 Å². The molecule has 0 aliphatic heterocycles. The lowest BCUT2D eigenvalue weighted by Gasteiger charge is -2.32. The first-order valence-corrected chi connectivity index (χ1v) is 12.0. The monoisotopic (exact) mass is 481 g/mol. The van der Waals surface area contributed by atoms with E-state index in [1.807, 2.05) is 12.3 Å². The summed E-state index contributed by atoms with van der Waals surface area (Å²) in [6.45, 7) is 0. The summed E-state index contributed by atoms with van der Waals surface area (Å²) in [4.78, 5) is 30.7. The normalized spacial score (nSPS) is 24.1. The van der Waals surface area contributed by atoms with Crippen LogP contribution in [-0.2, 0) is 4.74 Å². The van der Waals surface area contributed by atoms with E-state index in [4.69, 9.17) is 4.74 Å². The number of anilines is 3. The van der Waals surface area contributed by atoms with Crippen LogP contribution in [0.4, 0.5) is 17.3 Å². The van der Waals surface area contributed by atoms with E-state index in [2.05, 4.69) is 26.0 Å². The van der Waals surface area contributed by atoms with Gasteiger partial charge in [0.2, 0.25) is 0 Å². The molecule has 0 bridgehead atoms. The van der Waals surface area contributed by atoms with Gasteiger partial charge in [-0.1, -0.05) is 0 Å². The largest absolute Gasteiger partial charge is 0.391 e. The van der Waals surface area contributed by atoms with E-state index in [1.54, 1.807) is 30.9 Å². The van der Waals surface area contributed by atoms with Gasteiger partial charge < -0.3 is 30.4 Å². The van der Waals surface area contributed by atoms with Gasteiger partial charge in [-0.15, -0.1) is 0 Å². The number of rotatable bonds is 7. The lowest BCUT2D eigenvalue weighted by molar-refractivity contribution is 0.0448. The molecule has 0 radical (unpaired) electrons. The lowest BCUT2D eigenvalue weighted by atomic mass is 9.89. The predicted molar refractivity (Wildman–Crippen MR) is 131 cm³/mol. The van der Waals surface area contributed by atoms with Gasteiger partial charge in [0.15, 0.2) is 5.65 Å². The number of ether oxygens (including phenoxy) is 1. The molecule has 2 aliphatic rings. The van der Waals surface area contributed by atoms with Crippen molar-refractivity contribution in [2.45, 2.75) is 62.8 Å². The third-order valence-corrected chi connectivity index (χ3v) is 7.13. The molecule has 0 unspecified atom stereocenters. The molecule has 2 aliphatic carbocycles. The van der Waals surface area contributed by atoms with E-state index in [0.717, 1.165) is 32.1 Å². The number of aromatic nitrogens is 4. The molecule has 0 saturated heterocycles. The summed E-state index contributed by atoms with van der Waals surface area (Å²) in [5.41, 5.74) is 0.930. The fourth-order valence-electron chi connectivity index (χ4n) is 4.85. The van der Waals surface area contributed by atoms with Crippen LogP contribution in [-0.4, -0.2) is 62.6 Å². The quantitative estimate of drug-likeness (QED) is 0.403. The van der Waals surface area contributed by atoms with Gasteiger partial charge >= 0.3 is 0 Å². The number of nitrogens with zero attached hydrogens (tertiary/aromatic N) is 4. The van der Waals surface area contributed by atoms with Crippen molar-refractivity contribution in [2.24, 2.45) is 0 Å². The number of amides is 1. The Balaban J connectivity index is 1.42. The van der Waals surface area contributed by atoms with E-state index in [1.165, 1.54) is 10.7 Å². The average Bonchev–Trinajstić information content (AvgIpc) is 3.31. The highest BCUT2D eigenvalue weighted by molar-refractivity contribution is 6.00. The summed E-state index contributed by atoms with van der Waals surface area (Å²) < 4.78 is 8.78. The number of pyridine rings is 1. The number of hydrogen-bond acceptors (Lipinski definition) is 8. The van der Waals surface area contributed by atoms with E-state index in [-0.39, 0.29) is 29.7 Å². The maximum Gasteiger partial charge on any atom is 0.274 e. The van der Waals surface area contributed by atoms with Crippen LogP contribution in [0.15, 0.2) is 35.4 Å². The van der Waals surface area contributed by atoms with Crippen molar-refractivity contribution >= 4 is 28.9 Å². The molecule has 3 aromatic rings. The summed E-state index contributed by atoms with van der Waals surface area (Å²) >= 11 is 0. The van der Waals surface area contributed by atoms with Crippen molar-refractivity contribution in [3.63, 3.8) is 0 Å². The topological polar surface area (TPSA) is 135 Å². The van der Waals surface area contributed by atoms with Crippen LogP contribution in [0.1, 0.15) is 54.9 Å². The zero-order chi connectivity index (χ0) is 24.5. The van der Waals surface area contributed by atoms with E-state index < -0.39 is 6.10 Å². The minimum Gasteiger partial charge on any atom is -0.391 e. The molecule has 3 heterocycles. The van der Waals surface area contributed by atoms with Gasteiger partial charge in [-0.05, 0) is 50.7 Å². The first-order chi connectivity index (χ1) is 17.0. The molecule has 186 valence electrons. The van der Waals surface area contributed by atoms with Crippen molar-refractivity contribution in [3.8, 4) is 0 Å². The van der Waals surface area contributed by atoms with Crippen molar-refractivity contribution in [3.05, 3.63) is 46.5 Å². The molecule has 4 N–H and O–H groups in total. The standard InChI is InChI=1S/C24H31N7O4/c1-25-21-12-20(29-22-16(13-26-31(21)22)23(33)28-17-9-10-19(17)32)27-18-4-3-11-30(24(18)34)14-5-7-15(35-2)8-6-14/h3-4,11-15,17,19,25,32H,5-10H2,1-2H3,(H,27,29)(H,28,33)/t14-,15+,17-,19+/m1/s1. The second kappa shape index (κ2) is 9.67. The molecule has 2 fully saturated rings. The maximum absolute atomic E-state index is 13.3. The summed E-state index contributed by atoms with van der Waals surface area (Å²) in [5, 5.41) is 23.2. The number of aliphatic hydroxyl groups is 1. The predicted octanol–water partition coefficient (Wildman–Crippen LogP) is 2.06. The Labute approximate surface area is 202 Å². The van der Waals surface area contributed by atoms with Gasteiger partial charge in [0.1, 0.15) is 22.9 Å². The fourth-order valence-corrected chi connectivity index (χ4v) is 4.85. The van der Waals surface area contributed by atoms with Gasteiger partial charge in [0.25, 0.3) is 11.5 Å². The Morgan fingerprint density at radius 1 is 1.20 bits per heavy atom. The SMILES string of the molecule is CNc1cc(Nc2cccn([C@H]3CC[C@@H](OC)CC3)c2=O)nc2c(C(=O)N[C@@H]3CC[C@@H]3O)cnn12. The number of aliphatic hydroxyl groups excluding tert-OH is 1. The molecular weight excluding hydrogens is 450 g/mol. The van der Waals surface area contributed by atoms with Gasteiger partial charge in [0.05, 0.1) is 24.4 Å². The van der Waals surface area contributed by atoms with Crippen LogP contribution in [0.5, 0.6) is 0 Å². The maximum atomic E-state index is 13.3. The van der Waals surface area contributed by atoms with Crippen LogP contribution in [0.3, 0.4) is 0 Å². The fraction of sp³-hybridized carbons (Fsp3) is 0.500. The molecule has 5 rings (SSSR count). The first kappa shape index (κ1) is 23.3. The lowest BCUT2D eigenvalue weighted by Crippen LogP contribution is -2.50. The number of nitrogens with one attached hydrogen (secondary N) is 3. The number of hydrogen-bond donors (Lipinski definition) is 4. The van der Waals surface area contributed by atoms with E-state index in [9.17, 15) is 14.7 Å². The average molecular weight is 482 g/mol. The highest BCUT2D eigenvalue weighted by atomic mass is 16.5. The molecule has 1 amide bonds. The molecule has 3 aromatic heterocycles. The number of carbonyl (C=O) groups is 1. The van der Waals surface area contributed by atoms with Crippen LogP contribution in [0.25, 0.3) is 5.65 Å². The van der Waals surface area contributed by atoms with Crippen molar-refractivity contribution < 1.29 is 14.6 Å². The van der Waals surface area contributed by atoms with Crippen molar-refractivity contribution in [1.29, 1.82) is 0 Å². The first-order valence-electron chi connectivity index (χ1n) is 12.0. The van der Waals surface area contributed by atoms with Crippen LogP contribution < -0.4 is 21.5 Å². The Morgan fingerprint density at radius 3 is 2.66 bits per heavy atom. The second-order valence-electron chi connectivity index (χ2n) is 9.22. The van der Waals surface area contributed by atoms with Crippen LogP contribution in [0.2, 0.25) is 0 Å². The summed E-state index contributed by atoms with van der Waals surface area (Å²) in [6.07, 6.45) is 8.07. The Kier molecular flexibility index (Phi) is 6.44. The summed E-state index contributed by atoms with van der Waals surface area (Å²) in [6, 6.07) is 5.19. The Bertz CT molecular complexity index is 1280. The van der Waals surface area contributed by atoms with Crippen LogP contribution >= 0.6 is 0 Å². The molecule has 0 spiro atoms. The molecule has 35 heavy (non-hydrogen) atoms. The third kappa shape index (κ3) is 4.48. The Hall–Kier alpha value is -3.44. The smallest absolute Gasteiger partial charge is 0.274 e. The van der Waals surface area contributed by atoms with E-state index in [0.29, 0.717) is 35.0 Å². The van der Waals surface area contributed by atoms with Gasteiger partial charge in [-0.3, -0.25) is 9.59 Å². The molecule has 11 heteroatoms. The summed E-state index contributed by atoms with van der Waals surface area (Å²) in [7, 11) is 3.48. The molecular formula is C24H31N7O4. The van der Waals surface area contributed by atoms with Crippen molar-refractivity contribution in [1.82, 2.24) is 24.5 Å². The number of methoxy groups -OCH3 is 1. The minimum atomic E-state index is -0.524. The second-order valence-corrected chi connectivity index (χ2v) is 9.22. The molecule has 2 atom stereocenters. The van der Waals surface area contributed by atoms with Gasteiger partial charge in [0, 0.05) is 32.5 Å². The van der Waals surface area contributed by atoms with Crippen LogP contribution in [0, 0.1) is 0 Å². The highest BCUT2D eigenvalue weighted by Crippen LogP contribution is 2.29. The molecule has 11 nitrogen and oxygen atoms in total. The van der Waals surface area contributed by atoms with E-state index >= 15 is 0 Å². The number of carbonyl (C=O) groups excluding carboxylic acids is 1. The molecule has 0 aromatic carbocycles. The third-order valence-electron chi connectivity index (χ3n) is 7.13. The molecule has 2 saturated carbocycles. The van der Waals surface area contributed by atoms with Gasteiger partial charge in [-0.25, -0.2) is 4.98 Å². The zero-order valence-corrected chi connectivity index (χ0v) is 19.9. The van der Waals surface area contributed by atoms with Gasteiger partial charge in [-0.2, -0.15) is 9.61 Å². The Morgan fingerprint density at radius 2 is 2.00 bits per heavy atom. The minimum absolute atomic E-state index is 0.119. The summed E-state index contributed by atoms with van der Waals surface area (Å²) in [5.74, 6) is 0.677. The number of fused-ring (bicyclic) bond motifs is 1. The highest BCUT2D eigenvalue weighted by Gasteiger charge is 2.31. The zero-order valence-electron chi connectivity index (χ0n) is 19.9.